The number of carbonyl (C=O) groups is 1. The van der Waals surface area contributed by atoms with E-state index in [9.17, 15) is 21.6 Å². The minimum atomic E-state index is -3.61. The molecule has 0 aliphatic rings. The highest BCUT2D eigenvalue weighted by Gasteiger charge is 2.15. The molecule has 3 N–H and O–H groups in total. The fraction of sp³-hybridized carbons (Fsp3) is 0.588. The molecule has 0 fully saturated rings. The number of carboxylic acid groups (broad SMARTS) is 1. The number of rotatable bonds is 13. The van der Waals surface area contributed by atoms with Crippen molar-refractivity contribution >= 4 is 31.9 Å². The molecule has 0 radical (unpaired) electrons. The monoisotopic (exact) mass is 452 g/mol. The maximum absolute atomic E-state index is 11.2. The summed E-state index contributed by atoms with van der Waals surface area (Å²) in [5.41, 5.74) is 8.34. The third kappa shape index (κ3) is 11.1. The Morgan fingerprint density at radius 2 is 1.62 bits per heavy atom. The molecule has 12 heteroatoms. The predicted molar refractivity (Wildman–Crippen MR) is 109 cm³/mol. The van der Waals surface area contributed by atoms with E-state index in [1.807, 2.05) is 19.1 Å². The fourth-order valence-corrected chi connectivity index (χ4v) is 3.38. The van der Waals surface area contributed by atoms with Gasteiger partial charge in [-0.2, -0.15) is 16.8 Å². The highest BCUT2D eigenvalue weighted by atomic mass is 32.2. The maximum Gasteiger partial charge on any atom is 0.304 e. The Morgan fingerprint density at radius 1 is 1.10 bits per heavy atom. The standard InChI is InChI=1S/C17H28N2O8S2/c1-13-4-5-16(11-14(13)10-15(18)12-17(20)21)19(6-8-26-28(2,22)23)7-9-27-29(3,24)25/h4-5,11,15H,6-10,12,18H2,1-3H3,(H,20,21). The first kappa shape index (κ1) is 25.3. The first-order valence-electron chi connectivity index (χ1n) is 8.77. The van der Waals surface area contributed by atoms with E-state index in [4.69, 9.17) is 19.2 Å². The summed E-state index contributed by atoms with van der Waals surface area (Å²) in [6, 6.07) is 4.89. The molecule has 0 saturated carbocycles. The first-order chi connectivity index (χ1) is 13.3. The number of aliphatic carboxylic acids is 1. The topological polar surface area (TPSA) is 153 Å². The van der Waals surface area contributed by atoms with Crippen LogP contribution in [0.4, 0.5) is 5.69 Å². The molecule has 0 saturated heterocycles. The van der Waals surface area contributed by atoms with Crippen LogP contribution in [0.2, 0.25) is 0 Å². The zero-order valence-electron chi connectivity index (χ0n) is 16.7. The van der Waals surface area contributed by atoms with Crippen LogP contribution < -0.4 is 10.6 Å². The van der Waals surface area contributed by atoms with E-state index < -0.39 is 32.2 Å². The van der Waals surface area contributed by atoms with Gasteiger partial charge in [-0.15, -0.1) is 0 Å². The fourth-order valence-electron chi connectivity index (χ4n) is 2.62. The lowest BCUT2D eigenvalue weighted by molar-refractivity contribution is -0.137. The predicted octanol–water partition coefficient (Wildman–Crippen LogP) is 0.0983. The molecule has 1 aromatic carbocycles. The summed E-state index contributed by atoms with van der Waals surface area (Å²) < 4.78 is 54.3. The zero-order chi connectivity index (χ0) is 22.2. The molecule has 0 aliphatic heterocycles. The number of carboxylic acids is 1. The third-order valence-electron chi connectivity index (χ3n) is 3.93. The molecule has 0 bridgehead atoms. The Balaban J connectivity index is 2.99. The van der Waals surface area contributed by atoms with Crippen molar-refractivity contribution in [2.45, 2.75) is 25.8 Å². The number of hydrogen-bond acceptors (Lipinski definition) is 9. The van der Waals surface area contributed by atoms with E-state index in [-0.39, 0.29) is 32.7 Å². The minimum Gasteiger partial charge on any atom is -0.481 e. The van der Waals surface area contributed by atoms with Gasteiger partial charge in [0.05, 0.1) is 32.1 Å². The van der Waals surface area contributed by atoms with Crippen molar-refractivity contribution in [1.82, 2.24) is 0 Å². The summed E-state index contributed by atoms with van der Waals surface area (Å²) >= 11 is 0. The summed E-state index contributed by atoms with van der Waals surface area (Å²) in [7, 11) is -7.23. The molecule has 1 atom stereocenters. The van der Waals surface area contributed by atoms with E-state index in [1.54, 1.807) is 11.0 Å². The number of nitrogens with zero attached hydrogens (tertiary/aromatic N) is 1. The van der Waals surface area contributed by atoms with Crippen molar-refractivity contribution in [2.75, 3.05) is 43.7 Å². The Morgan fingerprint density at radius 3 is 2.07 bits per heavy atom. The van der Waals surface area contributed by atoms with Crippen molar-refractivity contribution in [3.8, 4) is 0 Å². The number of nitrogens with two attached hydrogens (primary N) is 1. The summed E-state index contributed by atoms with van der Waals surface area (Å²) in [6.45, 7) is 1.96. The average molecular weight is 453 g/mol. The van der Waals surface area contributed by atoms with E-state index in [2.05, 4.69) is 0 Å². The van der Waals surface area contributed by atoms with Crippen LogP contribution in [0.15, 0.2) is 18.2 Å². The van der Waals surface area contributed by atoms with Crippen molar-refractivity contribution in [3.63, 3.8) is 0 Å². The Labute approximate surface area is 171 Å². The van der Waals surface area contributed by atoms with Gasteiger partial charge in [-0.05, 0) is 36.6 Å². The smallest absolute Gasteiger partial charge is 0.304 e. The molecule has 10 nitrogen and oxygen atoms in total. The van der Waals surface area contributed by atoms with Gasteiger partial charge >= 0.3 is 5.97 Å². The van der Waals surface area contributed by atoms with Gasteiger partial charge in [-0.1, -0.05) is 6.07 Å². The zero-order valence-corrected chi connectivity index (χ0v) is 18.3. The second-order valence-corrected chi connectivity index (χ2v) is 10.0. The van der Waals surface area contributed by atoms with Gasteiger partial charge in [0.1, 0.15) is 0 Å². The first-order valence-corrected chi connectivity index (χ1v) is 12.4. The summed E-state index contributed by atoms with van der Waals surface area (Å²) in [6.07, 6.45) is 2.06. The number of aryl methyl sites for hydroxylation is 1. The molecular weight excluding hydrogens is 424 g/mol. The molecule has 1 aromatic rings. The van der Waals surface area contributed by atoms with Gasteiger partial charge < -0.3 is 15.7 Å². The van der Waals surface area contributed by atoms with Crippen LogP contribution in [0.3, 0.4) is 0 Å². The second kappa shape index (κ2) is 10.9. The van der Waals surface area contributed by atoms with Crippen molar-refractivity contribution in [3.05, 3.63) is 29.3 Å². The van der Waals surface area contributed by atoms with Crippen LogP contribution in [0.5, 0.6) is 0 Å². The van der Waals surface area contributed by atoms with E-state index in [0.29, 0.717) is 12.1 Å². The van der Waals surface area contributed by atoms with E-state index in [0.717, 1.165) is 23.6 Å². The minimum absolute atomic E-state index is 0.126. The molecular formula is C17H28N2O8S2. The van der Waals surface area contributed by atoms with Crippen LogP contribution in [-0.4, -0.2) is 72.8 Å². The number of benzene rings is 1. The van der Waals surface area contributed by atoms with Gasteiger partial charge in [0.15, 0.2) is 0 Å². The van der Waals surface area contributed by atoms with E-state index in [1.165, 1.54) is 0 Å². The molecule has 29 heavy (non-hydrogen) atoms. The number of hydrogen-bond donors (Lipinski definition) is 2. The highest BCUT2D eigenvalue weighted by molar-refractivity contribution is 7.86. The Hall–Kier alpha value is -1.73. The van der Waals surface area contributed by atoms with Crippen molar-refractivity contribution < 1.29 is 35.1 Å². The molecule has 166 valence electrons. The van der Waals surface area contributed by atoms with Crippen molar-refractivity contribution in [1.29, 1.82) is 0 Å². The number of anilines is 1. The van der Waals surface area contributed by atoms with Gasteiger partial charge in [0.25, 0.3) is 20.2 Å². The lowest BCUT2D eigenvalue weighted by Gasteiger charge is -2.25. The molecule has 0 spiro atoms. The Bertz CT molecular complexity index is 862. The highest BCUT2D eigenvalue weighted by Crippen LogP contribution is 2.21. The lowest BCUT2D eigenvalue weighted by Crippen LogP contribution is -2.32. The summed E-state index contributed by atoms with van der Waals surface area (Å²) in [4.78, 5) is 12.6. The summed E-state index contributed by atoms with van der Waals surface area (Å²) in [5.74, 6) is -0.983. The molecule has 0 amide bonds. The largest absolute Gasteiger partial charge is 0.481 e. The van der Waals surface area contributed by atoms with Crippen LogP contribution >= 0.6 is 0 Å². The SMILES string of the molecule is Cc1ccc(N(CCOS(C)(=O)=O)CCOS(C)(=O)=O)cc1CC(N)CC(=O)O. The van der Waals surface area contributed by atoms with Crippen LogP contribution in [-0.2, 0) is 39.8 Å². The Kier molecular flexibility index (Phi) is 9.49. The normalized spacial score (nSPS) is 13.2. The molecule has 0 heterocycles. The average Bonchev–Trinajstić information content (AvgIpc) is 2.52. The van der Waals surface area contributed by atoms with Crippen LogP contribution in [0, 0.1) is 6.92 Å². The molecule has 0 aromatic heterocycles. The lowest BCUT2D eigenvalue weighted by atomic mass is 9.99. The quantitative estimate of drug-likeness (QED) is 0.394. The third-order valence-corrected chi connectivity index (χ3v) is 5.12. The van der Waals surface area contributed by atoms with Crippen LogP contribution in [0.1, 0.15) is 17.5 Å². The van der Waals surface area contributed by atoms with Gasteiger partial charge in [-0.25, -0.2) is 0 Å². The van der Waals surface area contributed by atoms with Crippen molar-refractivity contribution in [2.24, 2.45) is 5.73 Å². The molecule has 1 unspecified atom stereocenters. The second-order valence-electron chi connectivity index (χ2n) is 6.71. The van der Waals surface area contributed by atoms with E-state index >= 15 is 0 Å². The van der Waals surface area contributed by atoms with Gasteiger partial charge in [0.2, 0.25) is 0 Å². The van der Waals surface area contributed by atoms with Gasteiger partial charge in [-0.3, -0.25) is 13.2 Å². The molecule has 1 rings (SSSR count). The van der Waals surface area contributed by atoms with Gasteiger partial charge in [0, 0.05) is 24.8 Å². The summed E-state index contributed by atoms with van der Waals surface area (Å²) in [5, 5.41) is 8.89. The van der Waals surface area contributed by atoms with Crippen LogP contribution in [0.25, 0.3) is 0 Å². The molecule has 0 aliphatic carbocycles. The maximum atomic E-state index is 11.2.